The van der Waals surface area contributed by atoms with Crippen LogP contribution >= 0.6 is 7.82 Å². The Morgan fingerprint density at radius 1 is 0.538 bits per heavy atom. The number of carbonyl (C=O) groups is 1. The molecule has 0 saturated heterocycles. The Kier molecular flexibility index (Phi) is 44.7. The molecular formula is C56H100N2O6P+. The number of carbonyl (C=O) groups excluding carboxylic acids is 1. The fraction of sp³-hybridized carbons (Fsp3) is 0.696. The summed E-state index contributed by atoms with van der Waals surface area (Å²) >= 11 is 0. The number of likely N-dealkylation sites (N-methyl/N-ethyl adjacent to an activating group) is 1. The minimum Gasteiger partial charge on any atom is -0.387 e. The molecule has 374 valence electrons. The maximum Gasteiger partial charge on any atom is 0.472 e. The van der Waals surface area contributed by atoms with Crippen molar-refractivity contribution in [2.24, 2.45) is 0 Å². The summed E-state index contributed by atoms with van der Waals surface area (Å²) < 4.78 is 23.6. The molecule has 3 N–H and O–H groups in total. The van der Waals surface area contributed by atoms with Crippen LogP contribution in [0.5, 0.6) is 0 Å². The van der Waals surface area contributed by atoms with Gasteiger partial charge in [0.25, 0.3) is 0 Å². The maximum atomic E-state index is 12.9. The molecule has 3 unspecified atom stereocenters. The largest absolute Gasteiger partial charge is 0.472 e. The van der Waals surface area contributed by atoms with Crippen molar-refractivity contribution in [3.63, 3.8) is 0 Å². The highest BCUT2D eigenvalue weighted by Crippen LogP contribution is 2.43. The van der Waals surface area contributed by atoms with Gasteiger partial charge < -0.3 is 19.8 Å². The first-order valence-electron chi connectivity index (χ1n) is 26.1. The average molecular weight is 928 g/mol. The fourth-order valence-corrected chi connectivity index (χ4v) is 7.70. The molecule has 0 bridgehead atoms. The summed E-state index contributed by atoms with van der Waals surface area (Å²) in [4.78, 5) is 23.2. The van der Waals surface area contributed by atoms with E-state index in [9.17, 15) is 19.4 Å². The Balaban J connectivity index is 4.41. The third-order valence-corrected chi connectivity index (χ3v) is 12.0. The van der Waals surface area contributed by atoms with Crippen LogP contribution in [0.15, 0.2) is 97.2 Å². The highest BCUT2D eigenvalue weighted by atomic mass is 31.2. The highest BCUT2D eigenvalue weighted by Gasteiger charge is 2.27. The number of hydrogen-bond donors (Lipinski definition) is 3. The van der Waals surface area contributed by atoms with Crippen molar-refractivity contribution in [2.45, 2.75) is 212 Å². The Hall–Kier alpha value is -2.58. The van der Waals surface area contributed by atoms with E-state index in [-0.39, 0.29) is 19.1 Å². The summed E-state index contributed by atoms with van der Waals surface area (Å²) in [6.45, 7) is 4.67. The van der Waals surface area contributed by atoms with Crippen LogP contribution in [0.1, 0.15) is 200 Å². The lowest BCUT2D eigenvalue weighted by molar-refractivity contribution is -0.870. The minimum atomic E-state index is -4.36. The summed E-state index contributed by atoms with van der Waals surface area (Å²) in [7, 11) is 1.53. The van der Waals surface area contributed by atoms with Crippen molar-refractivity contribution >= 4 is 13.7 Å². The summed E-state index contributed by atoms with van der Waals surface area (Å²) in [5, 5.41) is 13.9. The van der Waals surface area contributed by atoms with Crippen molar-refractivity contribution < 1.29 is 32.9 Å². The number of rotatable bonds is 46. The molecule has 8 nitrogen and oxygen atoms in total. The molecule has 0 aromatic heterocycles. The van der Waals surface area contributed by atoms with Gasteiger partial charge in [0.1, 0.15) is 13.2 Å². The van der Waals surface area contributed by atoms with Crippen LogP contribution in [0.3, 0.4) is 0 Å². The second kappa shape index (κ2) is 46.5. The molecular weight excluding hydrogens is 828 g/mol. The third-order valence-electron chi connectivity index (χ3n) is 11.1. The summed E-state index contributed by atoms with van der Waals surface area (Å²) in [6, 6.07) is -0.871. The number of hydrogen-bond acceptors (Lipinski definition) is 5. The number of aliphatic hydroxyl groups excluding tert-OH is 1. The van der Waals surface area contributed by atoms with Gasteiger partial charge in [-0.05, 0) is 77.0 Å². The molecule has 0 rings (SSSR count). The molecule has 0 aliphatic heterocycles. The van der Waals surface area contributed by atoms with E-state index in [1.54, 1.807) is 6.08 Å². The van der Waals surface area contributed by atoms with E-state index in [2.05, 4.69) is 104 Å². The van der Waals surface area contributed by atoms with Crippen LogP contribution in [0.2, 0.25) is 0 Å². The van der Waals surface area contributed by atoms with Gasteiger partial charge in [0, 0.05) is 6.42 Å². The highest BCUT2D eigenvalue weighted by molar-refractivity contribution is 7.47. The van der Waals surface area contributed by atoms with Crippen LogP contribution in [-0.2, 0) is 18.4 Å². The molecule has 65 heavy (non-hydrogen) atoms. The van der Waals surface area contributed by atoms with Gasteiger partial charge in [0.15, 0.2) is 0 Å². The standard InChI is InChI=1S/C56H99N2O6P/c1-6-8-10-12-14-16-18-20-22-24-26-27-28-29-30-31-32-34-36-38-40-42-44-46-48-50-56(60)57-54(53-64-65(61,62)63-52-51-58(3,4)5)55(59)49-47-45-43-41-39-37-35-33-25-23-21-19-17-15-13-11-9-7-2/h8,10,14,16,20,22,26-27,29-30,32,34,38,40,47,49,54-55,59H,6-7,9,11-13,15,17-19,21,23-25,28,31,33,35-37,39,41-46,48,50-53H2,1-5H3,(H-,57,60,61,62)/p+1/b10-8-,16-14-,22-20-,27-26-,30-29-,34-32-,40-38-,49-47+. The van der Waals surface area contributed by atoms with Crippen LogP contribution in [0.25, 0.3) is 0 Å². The molecule has 1 amide bonds. The zero-order valence-electron chi connectivity index (χ0n) is 42.4. The van der Waals surface area contributed by atoms with E-state index >= 15 is 0 Å². The second-order valence-corrected chi connectivity index (χ2v) is 20.0. The van der Waals surface area contributed by atoms with Gasteiger partial charge in [-0.2, -0.15) is 0 Å². The average Bonchev–Trinajstić information content (AvgIpc) is 3.26. The third kappa shape index (κ3) is 49.2. The predicted octanol–water partition coefficient (Wildman–Crippen LogP) is 15.5. The minimum absolute atomic E-state index is 0.0494. The quantitative estimate of drug-likeness (QED) is 0.0243. The van der Waals surface area contributed by atoms with Gasteiger partial charge in [-0.25, -0.2) is 4.57 Å². The second-order valence-electron chi connectivity index (χ2n) is 18.5. The molecule has 0 fully saturated rings. The fourth-order valence-electron chi connectivity index (χ4n) is 6.96. The zero-order valence-corrected chi connectivity index (χ0v) is 43.3. The zero-order chi connectivity index (χ0) is 47.8. The molecule has 0 saturated carbocycles. The lowest BCUT2D eigenvalue weighted by Crippen LogP contribution is -2.45. The van der Waals surface area contributed by atoms with E-state index < -0.39 is 20.0 Å². The van der Waals surface area contributed by atoms with Crippen molar-refractivity contribution in [3.8, 4) is 0 Å². The summed E-state index contributed by atoms with van der Waals surface area (Å²) in [5.41, 5.74) is 0. The number of nitrogens with zero attached hydrogens (tertiary/aromatic N) is 1. The van der Waals surface area contributed by atoms with Gasteiger partial charge in [-0.15, -0.1) is 0 Å². The van der Waals surface area contributed by atoms with Gasteiger partial charge in [0.2, 0.25) is 5.91 Å². The normalized spacial score (nSPS) is 14.9. The molecule has 3 atom stereocenters. The van der Waals surface area contributed by atoms with Crippen molar-refractivity contribution in [1.29, 1.82) is 0 Å². The Morgan fingerprint density at radius 3 is 1.35 bits per heavy atom. The monoisotopic (exact) mass is 928 g/mol. The Morgan fingerprint density at radius 2 is 0.923 bits per heavy atom. The number of nitrogens with one attached hydrogen (secondary N) is 1. The smallest absolute Gasteiger partial charge is 0.387 e. The van der Waals surface area contributed by atoms with Crippen molar-refractivity contribution in [2.75, 3.05) is 40.9 Å². The number of quaternary nitrogens is 1. The first-order valence-corrected chi connectivity index (χ1v) is 27.6. The molecule has 0 heterocycles. The first kappa shape index (κ1) is 62.4. The molecule has 0 radical (unpaired) electrons. The van der Waals surface area contributed by atoms with Crippen LogP contribution in [0, 0.1) is 0 Å². The molecule has 0 aliphatic carbocycles. The molecule has 0 aromatic rings. The number of unbranched alkanes of at least 4 members (excludes halogenated alkanes) is 19. The number of allylic oxidation sites excluding steroid dienone is 15. The molecule has 0 spiro atoms. The number of amides is 1. The SMILES string of the molecule is CC/C=C\C/C=C\C/C=C\C/C=C\C/C=C\C/C=C\C/C=C\CCCCCC(=O)NC(COP(=O)(O)OCC[N+](C)(C)C)C(O)/C=C/CCCCCCCCCCCCCCCCCC. The van der Waals surface area contributed by atoms with E-state index in [0.717, 1.165) is 89.9 Å². The summed E-state index contributed by atoms with van der Waals surface area (Å²) in [6.07, 6.45) is 66.3. The van der Waals surface area contributed by atoms with E-state index in [1.807, 2.05) is 27.2 Å². The Bertz CT molecular complexity index is 1370. The number of phosphoric acid groups is 1. The summed E-state index contributed by atoms with van der Waals surface area (Å²) in [5.74, 6) is -0.212. The molecule has 9 heteroatoms. The van der Waals surface area contributed by atoms with Gasteiger partial charge >= 0.3 is 7.82 Å². The van der Waals surface area contributed by atoms with Gasteiger partial charge in [-0.3, -0.25) is 13.8 Å². The van der Waals surface area contributed by atoms with Crippen LogP contribution in [0.4, 0.5) is 0 Å². The van der Waals surface area contributed by atoms with E-state index in [1.165, 1.54) is 89.9 Å². The first-order chi connectivity index (χ1) is 31.5. The number of aliphatic hydroxyl groups is 1. The molecule has 0 aliphatic rings. The lowest BCUT2D eigenvalue weighted by atomic mass is 10.0. The molecule has 0 aromatic carbocycles. The van der Waals surface area contributed by atoms with E-state index in [0.29, 0.717) is 17.4 Å². The topological polar surface area (TPSA) is 105 Å². The van der Waals surface area contributed by atoms with Gasteiger partial charge in [0.05, 0.1) is 39.9 Å². The van der Waals surface area contributed by atoms with Crippen molar-refractivity contribution in [3.05, 3.63) is 97.2 Å². The van der Waals surface area contributed by atoms with Gasteiger partial charge in [-0.1, -0.05) is 214 Å². The predicted molar refractivity (Wildman–Crippen MR) is 281 cm³/mol. The van der Waals surface area contributed by atoms with Crippen LogP contribution < -0.4 is 5.32 Å². The van der Waals surface area contributed by atoms with E-state index in [4.69, 9.17) is 9.05 Å². The Labute approximate surface area is 400 Å². The van der Waals surface area contributed by atoms with Crippen molar-refractivity contribution in [1.82, 2.24) is 5.32 Å². The number of phosphoric ester groups is 1. The maximum absolute atomic E-state index is 12.9. The van der Waals surface area contributed by atoms with Crippen LogP contribution in [-0.4, -0.2) is 73.4 Å². The lowest BCUT2D eigenvalue weighted by Gasteiger charge is -2.25.